The number of thiazole rings is 1. The van der Waals surface area contributed by atoms with Crippen molar-refractivity contribution in [2.24, 2.45) is 0 Å². The Labute approximate surface area is 128 Å². The van der Waals surface area contributed by atoms with Crippen molar-refractivity contribution >= 4 is 17.2 Å². The van der Waals surface area contributed by atoms with Crippen molar-refractivity contribution in [2.45, 2.75) is 33.8 Å². The maximum absolute atomic E-state index is 12.1. The summed E-state index contributed by atoms with van der Waals surface area (Å²) in [6.07, 6.45) is -0.555. The molecule has 1 aromatic heterocycles. The van der Waals surface area contributed by atoms with E-state index in [1.165, 1.54) is 16.9 Å². The fourth-order valence-electron chi connectivity index (χ4n) is 2.10. The Hall–Kier alpha value is -1.72. The third-order valence-electron chi connectivity index (χ3n) is 3.17. The van der Waals surface area contributed by atoms with Gasteiger partial charge in [-0.3, -0.25) is 4.79 Å². The number of amides is 1. The molecule has 2 N–H and O–H groups in total. The minimum atomic E-state index is -0.555. The Kier molecular flexibility index (Phi) is 4.75. The van der Waals surface area contributed by atoms with E-state index >= 15 is 0 Å². The second-order valence-electron chi connectivity index (χ2n) is 5.31. The molecule has 0 aliphatic carbocycles. The number of hydrogen-bond donors (Lipinski definition) is 2. The Morgan fingerprint density at radius 2 is 2.10 bits per heavy atom. The van der Waals surface area contributed by atoms with Crippen LogP contribution >= 0.6 is 11.3 Å². The molecule has 112 valence electrons. The predicted molar refractivity (Wildman–Crippen MR) is 85.8 cm³/mol. The van der Waals surface area contributed by atoms with Gasteiger partial charge in [-0.25, -0.2) is 4.98 Å². The van der Waals surface area contributed by atoms with E-state index in [1.807, 2.05) is 26.0 Å². The Morgan fingerprint density at radius 3 is 2.71 bits per heavy atom. The first-order chi connectivity index (χ1) is 9.88. The zero-order chi connectivity index (χ0) is 15.6. The molecule has 1 heterocycles. The quantitative estimate of drug-likeness (QED) is 0.913. The molecule has 2 aromatic rings. The molecule has 0 radical (unpaired) electrons. The molecular weight excluding hydrogens is 284 g/mol. The number of rotatable bonds is 4. The van der Waals surface area contributed by atoms with Gasteiger partial charge in [0.2, 0.25) is 0 Å². The van der Waals surface area contributed by atoms with Gasteiger partial charge in [-0.05, 0) is 33.3 Å². The minimum absolute atomic E-state index is 0.179. The molecule has 21 heavy (non-hydrogen) atoms. The number of nitrogens with one attached hydrogen (secondary N) is 1. The van der Waals surface area contributed by atoms with Gasteiger partial charge in [-0.2, -0.15) is 0 Å². The lowest BCUT2D eigenvalue weighted by Gasteiger charge is -2.05. The number of hydrogen-bond acceptors (Lipinski definition) is 4. The highest BCUT2D eigenvalue weighted by atomic mass is 32.1. The predicted octanol–water partition coefficient (Wildman–Crippen LogP) is 2.85. The van der Waals surface area contributed by atoms with E-state index in [9.17, 15) is 9.90 Å². The molecule has 5 heteroatoms. The van der Waals surface area contributed by atoms with Crippen molar-refractivity contribution < 1.29 is 9.90 Å². The highest BCUT2D eigenvalue weighted by Crippen LogP contribution is 2.30. The van der Waals surface area contributed by atoms with E-state index < -0.39 is 6.10 Å². The summed E-state index contributed by atoms with van der Waals surface area (Å²) >= 11 is 1.39. The lowest BCUT2D eigenvalue weighted by Crippen LogP contribution is -2.30. The zero-order valence-corrected chi connectivity index (χ0v) is 13.5. The maximum Gasteiger partial charge on any atom is 0.263 e. The molecule has 0 fully saturated rings. The van der Waals surface area contributed by atoms with Crippen molar-refractivity contribution in [2.75, 3.05) is 6.54 Å². The number of aryl methyl sites for hydroxylation is 3. The van der Waals surface area contributed by atoms with Gasteiger partial charge in [0.05, 0.1) is 11.8 Å². The van der Waals surface area contributed by atoms with Crippen molar-refractivity contribution in [3.05, 3.63) is 39.9 Å². The minimum Gasteiger partial charge on any atom is -0.392 e. The van der Waals surface area contributed by atoms with Crippen LogP contribution in [0.25, 0.3) is 10.6 Å². The average Bonchev–Trinajstić information content (AvgIpc) is 2.77. The van der Waals surface area contributed by atoms with Crippen LogP contribution in [-0.4, -0.2) is 28.6 Å². The molecule has 1 aromatic carbocycles. The maximum atomic E-state index is 12.1. The summed E-state index contributed by atoms with van der Waals surface area (Å²) in [4.78, 5) is 17.2. The Balaban J connectivity index is 2.28. The van der Waals surface area contributed by atoms with Crippen molar-refractivity contribution in [1.29, 1.82) is 0 Å². The Morgan fingerprint density at radius 1 is 1.38 bits per heavy atom. The third-order valence-corrected chi connectivity index (χ3v) is 4.36. The molecule has 0 aliphatic rings. The first-order valence-electron chi connectivity index (χ1n) is 6.89. The van der Waals surface area contributed by atoms with Gasteiger partial charge in [-0.1, -0.05) is 23.8 Å². The molecule has 1 amide bonds. The summed E-state index contributed by atoms with van der Waals surface area (Å²) in [5.74, 6) is -0.179. The number of aliphatic hydroxyl groups excluding tert-OH is 1. The van der Waals surface area contributed by atoms with E-state index in [0.717, 1.165) is 21.8 Å². The third kappa shape index (κ3) is 3.68. The summed E-state index contributed by atoms with van der Waals surface area (Å²) in [7, 11) is 0. The van der Waals surface area contributed by atoms with Crippen LogP contribution in [0.5, 0.6) is 0 Å². The topological polar surface area (TPSA) is 62.2 Å². The summed E-state index contributed by atoms with van der Waals surface area (Å²) in [5.41, 5.74) is 4.14. The molecule has 4 nitrogen and oxygen atoms in total. The molecule has 1 atom stereocenters. The van der Waals surface area contributed by atoms with Crippen LogP contribution in [0.3, 0.4) is 0 Å². The molecule has 2 rings (SSSR count). The summed E-state index contributed by atoms with van der Waals surface area (Å²) in [5, 5.41) is 12.8. The van der Waals surface area contributed by atoms with E-state index in [-0.39, 0.29) is 12.5 Å². The van der Waals surface area contributed by atoms with Crippen LogP contribution in [0.4, 0.5) is 0 Å². The van der Waals surface area contributed by atoms with Crippen LogP contribution in [0.15, 0.2) is 18.2 Å². The fourth-order valence-corrected chi connectivity index (χ4v) is 3.17. The summed E-state index contributed by atoms with van der Waals surface area (Å²) in [6.45, 7) is 7.82. The number of aromatic nitrogens is 1. The van der Waals surface area contributed by atoms with E-state index in [0.29, 0.717) is 4.88 Å². The number of nitrogens with zero attached hydrogens (tertiary/aromatic N) is 1. The van der Waals surface area contributed by atoms with Crippen LogP contribution in [0, 0.1) is 20.8 Å². The first-order valence-corrected chi connectivity index (χ1v) is 7.71. The zero-order valence-electron chi connectivity index (χ0n) is 12.7. The normalized spacial score (nSPS) is 12.2. The molecule has 0 bridgehead atoms. The van der Waals surface area contributed by atoms with Crippen LogP contribution in [0.1, 0.15) is 33.4 Å². The first kappa shape index (κ1) is 15.7. The van der Waals surface area contributed by atoms with Gasteiger partial charge in [0.1, 0.15) is 9.88 Å². The highest BCUT2D eigenvalue weighted by Gasteiger charge is 2.17. The molecule has 0 saturated heterocycles. The van der Waals surface area contributed by atoms with E-state index in [1.54, 1.807) is 6.92 Å². The van der Waals surface area contributed by atoms with Crippen LogP contribution < -0.4 is 5.32 Å². The molecule has 1 unspecified atom stereocenters. The van der Waals surface area contributed by atoms with Crippen LogP contribution in [-0.2, 0) is 0 Å². The second-order valence-corrected chi connectivity index (χ2v) is 6.31. The smallest absolute Gasteiger partial charge is 0.263 e. The van der Waals surface area contributed by atoms with Crippen molar-refractivity contribution in [3.63, 3.8) is 0 Å². The standard InChI is InChI=1S/C16H20N2O2S/c1-9-5-6-13(10(2)7-9)16-18-12(4)14(21-16)15(20)17-8-11(3)19/h5-7,11,19H,8H2,1-4H3,(H,17,20). The lowest BCUT2D eigenvalue weighted by molar-refractivity contribution is 0.0927. The number of carbonyl (C=O) groups is 1. The molecule has 0 saturated carbocycles. The molecular formula is C16H20N2O2S. The highest BCUT2D eigenvalue weighted by molar-refractivity contribution is 7.17. The van der Waals surface area contributed by atoms with Gasteiger partial charge < -0.3 is 10.4 Å². The Bertz CT molecular complexity index is 662. The number of aliphatic hydroxyl groups is 1. The largest absolute Gasteiger partial charge is 0.392 e. The van der Waals surface area contributed by atoms with Gasteiger partial charge in [0.25, 0.3) is 5.91 Å². The summed E-state index contributed by atoms with van der Waals surface area (Å²) < 4.78 is 0. The van der Waals surface area contributed by atoms with E-state index in [2.05, 4.69) is 23.3 Å². The monoisotopic (exact) mass is 304 g/mol. The SMILES string of the molecule is Cc1ccc(-c2nc(C)c(C(=O)NCC(C)O)s2)c(C)c1. The number of carbonyl (C=O) groups excluding carboxylic acids is 1. The molecule has 0 spiro atoms. The van der Waals surface area contributed by atoms with Crippen molar-refractivity contribution in [3.8, 4) is 10.6 Å². The fraction of sp³-hybridized carbons (Fsp3) is 0.375. The van der Waals surface area contributed by atoms with E-state index in [4.69, 9.17) is 0 Å². The summed E-state index contributed by atoms with van der Waals surface area (Å²) in [6, 6.07) is 6.20. The van der Waals surface area contributed by atoms with Gasteiger partial charge in [0, 0.05) is 12.1 Å². The van der Waals surface area contributed by atoms with Gasteiger partial charge >= 0.3 is 0 Å². The lowest BCUT2D eigenvalue weighted by atomic mass is 10.1. The number of benzene rings is 1. The van der Waals surface area contributed by atoms with Gasteiger partial charge in [0.15, 0.2) is 0 Å². The second kappa shape index (κ2) is 6.37. The average molecular weight is 304 g/mol. The van der Waals surface area contributed by atoms with Crippen molar-refractivity contribution in [1.82, 2.24) is 10.3 Å². The van der Waals surface area contributed by atoms with Crippen LogP contribution in [0.2, 0.25) is 0 Å². The molecule has 0 aliphatic heterocycles. The van der Waals surface area contributed by atoms with Gasteiger partial charge in [-0.15, -0.1) is 11.3 Å².